The van der Waals surface area contributed by atoms with Crippen LogP contribution in [0.3, 0.4) is 0 Å². The van der Waals surface area contributed by atoms with Crippen molar-refractivity contribution in [2.45, 2.75) is 44.4 Å². The Balaban J connectivity index is 2.39. The maximum atomic E-state index is 12.2. The van der Waals surface area contributed by atoms with Gasteiger partial charge in [0.05, 0.1) is 10.1 Å². The number of allylic oxidation sites excluding steroid dienone is 2. The molecule has 0 bridgehead atoms. The molecule has 0 aromatic rings. The van der Waals surface area contributed by atoms with Crippen molar-refractivity contribution in [1.29, 1.82) is 0 Å². The zero-order valence-corrected chi connectivity index (χ0v) is 13.7. The summed E-state index contributed by atoms with van der Waals surface area (Å²) in [5.74, 6) is -1.26. The molecule has 0 saturated carbocycles. The lowest BCUT2D eigenvalue weighted by Gasteiger charge is -2.36. The molecule has 1 aliphatic carbocycles. The maximum Gasteiger partial charge on any atom is 0.408 e. The van der Waals surface area contributed by atoms with Crippen LogP contribution < -0.4 is 0 Å². The first-order valence-corrected chi connectivity index (χ1v) is 7.29. The topological polar surface area (TPSA) is 83.9 Å². The van der Waals surface area contributed by atoms with E-state index in [-0.39, 0.29) is 16.5 Å². The van der Waals surface area contributed by atoms with Crippen molar-refractivity contribution < 1.29 is 24.2 Å². The minimum atomic E-state index is -1.29. The third-order valence-electron chi connectivity index (χ3n) is 3.49. The number of amides is 1. The molecule has 0 aromatic heterocycles. The first-order valence-electron chi connectivity index (χ1n) is 6.53. The number of carbonyl (C=O) groups excluding carboxylic acids is 2. The molecule has 1 N–H and O–H groups in total. The summed E-state index contributed by atoms with van der Waals surface area (Å²) in [5, 5.41) is 9.09. The molecule has 1 aliphatic heterocycles. The fourth-order valence-corrected chi connectivity index (χ4v) is 3.28. The summed E-state index contributed by atoms with van der Waals surface area (Å²) in [5.41, 5.74) is -2.09. The Morgan fingerprint density at radius 1 is 1.32 bits per heavy atom. The summed E-state index contributed by atoms with van der Waals surface area (Å²) in [7, 11) is 0. The van der Waals surface area contributed by atoms with Gasteiger partial charge in [-0.15, -0.1) is 0 Å². The number of ketones is 1. The minimum absolute atomic E-state index is 0.00905. The Morgan fingerprint density at radius 3 is 2.23 bits per heavy atom. The van der Waals surface area contributed by atoms with Crippen LogP contribution in [0.4, 0.5) is 4.79 Å². The standard InChI is InChI=1S/C14H15Cl2NO5/c1-13(2,3)17(12(20)21)9-6-14(22-11(9)19)4-7(15)10(18)8(16)5-14/h4-5,9H,6H2,1-3H3,(H,20,21)/t9-/m0/s1. The van der Waals surface area contributed by atoms with Gasteiger partial charge < -0.3 is 9.84 Å². The number of halogens is 2. The SMILES string of the molecule is CC(C)(C)N(C(=O)O)[C@H]1CC2(C=C(Cl)C(=O)C(Cl)=C2)OC1=O. The quantitative estimate of drug-likeness (QED) is 0.737. The van der Waals surface area contributed by atoms with Crippen molar-refractivity contribution in [2.75, 3.05) is 0 Å². The van der Waals surface area contributed by atoms with E-state index in [1.54, 1.807) is 20.8 Å². The Labute approximate surface area is 137 Å². The van der Waals surface area contributed by atoms with E-state index < -0.39 is 35.0 Å². The monoisotopic (exact) mass is 347 g/mol. The minimum Gasteiger partial charge on any atom is -0.465 e. The number of ether oxygens (including phenoxy) is 1. The summed E-state index contributed by atoms with van der Waals surface area (Å²) in [6.45, 7) is 5.03. The van der Waals surface area contributed by atoms with Gasteiger partial charge in [-0.25, -0.2) is 9.59 Å². The van der Waals surface area contributed by atoms with E-state index in [1.165, 1.54) is 12.2 Å². The largest absolute Gasteiger partial charge is 0.465 e. The summed E-state index contributed by atoms with van der Waals surface area (Å²) < 4.78 is 5.30. The van der Waals surface area contributed by atoms with Crippen molar-refractivity contribution in [2.24, 2.45) is 0 Å². The third kappa shape index (κ3) is 2.85. The molecule has 1 amide bonds. The van der Waals surface area contributed by atoms with Crippen molar-refractivity contribution in [3.63, 3.8) is 0 Å². The highest BCUT2D eigenvalue weighted by Gasteiger charge is 2.52. The molecule has 2 rings (SSSR count). The van der Waals surface area contributed by atoms with Crippen LogP contribution in [0.5, 0.6) is 0 Å². The second kappa shape index (κ2) is 5.28. The van der Waals surface area contributed by atoms with Crippen molar-refractivity contribution in [3.05, 3.63) is 22.2 Å². The molecule has 6 nitrogen and oxygen atoms in total. The molecule has 22 heavy (non-hydrogen) atoms. The van der Waals surface area contributed by atoms with Gasteiger partial charge in [-0.1, -0.05) is 23.2 Å². The average molecular weight is 348 g/mol. The van der Waals surface area contributed by atoms with Crippen LogP contribution in [0.2, 0.25) is 0 Å². The molecule has 1 atom stereocenters. The molecule has 1 fully saturated rings. The number of rotatable bonds is 1. The van der Waals surface area contributed by atoms with Crippen LogP contribution in [0, 0.1) is 0 Å². The molecule has 1 saturated heterocycles. The molecule has 1 heterocycles. The molecule has 120 valence electrons. The van der Waals surface area contributed by atoms with E-state index in [9.17, 15) is 19.5 Å². The highest BCUT2D eigenvalue weighted by atomic mass is 35.5. The predicted octanol–water partition coefficient (Wildman–Crippen LogP) is 2.65. The highest BCUT2D eigenvalue weighted by molar-refractivity contribution is 6.55. The fraction of sp³-hybridized carbons (Fsp3) is 0.500. The molecule has 8 heteroatoms. The van der Waals surface area contributed by atoms with E-state index in [1.807, 2.05) is 0 Å². The molecule has 0 aromatic carbocycles. The smallest absolute Gasteiger partial charge is 0.408 e. The summed E-state index contributed by atoms with van der Waals surface area (Å²) in [4.78, 5) is 36.3. The molecule has 0 unspecified atom stereocenters. The van der Waals surface area contributed by atoms with Gasteiger partial charge in [0, 0.05) is 12.0 Å². The molecular formula is C14H15Cl2NO5. The van der Waals surface area contributed by atoms with Crippen LogP contribution in [0.1, 0.15) is 27.2 Å². The molecule has 1 spiro atoms. The zero-order chi connectivity index (χ0) is 16.9. The number of carboxylic acid groups (broad SMARTS) is 1. The van der Waals surface area contributed by atoms with Crippen molar-refractivity contribution in [1.82, 2.24) is 4.90 Å². The van der Waals surface area contributed by atoms with Crippen molar-refractivity contribution in [3.8, 4) is 0 Å². The zero-order valence-electron chi connectivity index (χ0n) is 12.2. The second-order valence-corrected chi connectivity index (χ2v) is 7.05. The van der Waals surface area contributed by atoms with Gasteiger partial charge in [-0.3, -0.25) is 9.69 Å². The van der Waals surface area contributed by atoms with Gasteiger partial charge in [0.25, 0.3) is 0 Å². The number of esters is 1. The predicted molar refractivity (Wildman–Crippen MR) is 79.7 cm³/mol. The maximum absolute atomic E-state index is 12.2. The first kappa shape index (κ1) is 16.8. The molecule has 2 aliphatic rings. The van der Waals surface area contributed by atoms with Crippen LogP contribution >= 0.6 is 23.2 Å². The van der Waals surface area contributed by atoms with E-state index in [0.717, 1.165) is 4.90 Å². The van der Waals surface area contributed by atoms with Gasteiger partial charge >= 0.3 is 12.1 Å². The third-order valence-corrected chi connectivity index (χ3v) is 4.05. The van der Waals surface area contributed by atoms with Gasteiger partial charge in [0.15, 0.2) is 5.60 Å². The van der Waals surface area contributed by atoms with Gasteiger partial charge in [-0.2, -0.15) is 0 Å². The summed E-state index contributed by atoms with van der Waals surface area (Å²) in [6, 6.07) is -1.01. The van der Waals surface area contributed by atoms with Gasteiger partial charge in [-0.05, 0) is 32.9 Å². The Hall–Kier alpha value is -1.53. The number of hydrogen-bond donors (Lipinski definition) is 1. The van der Waals surface area contributed by atoms with Crippen LogP contribution in [-0.4, -0.2) is 45.0 Å². The highest BCUT2D eigenvalue weighted by Crippen LogP contribution is 2.40. The van der Waals surface area contributed by atoms with E-state index in [4.69, 9.17) is 27.9 Å². The van der Waals surface area contributed by atoms with Crippen LogP contribution in [0.25, 0.3) is 0 Å². The van der Waals surface area contributed by atoms with Gasteiger partial charge in [0.1, 0.15) is 6.04 Å². The number of carbonyl (C=O) groups is 3. The summed E-state index contributed by atoms with van der Waals surface area (Å²) in [6.07, 6.45) is 1.37. The molecular weight excluding hydrogens is 333 g/mol. The van der Waals surface area contributed by atoms with Crippen molar-refractivity contribution >= 4 is 41.0 Å². The lowest BCUT2D eigenvalue weighted by Crippen LogP contribution is -2.53. The van der Waals surface area contributed by atoms with Crippen LogP contribution in [-0.2, 0) is 14.3 Å². The average Bonchev–Trinajstić information content (AvgIpc) is 2.60. The molecule has 0 radical (unpaired) electrons. The normalized spacial score (nSPS) is 24.0. The van der Waals surface area contributed by atoms with E-state index in [0.29, 0.717) is 0 Å². The number of nitrogens with zero attached hydrogens (tertiary/aromatic N) is 1. The fourth-order valence-electron chi connectivity index (χ4n) is 2.66. The van der Waals surface area contributed by atoms with Gasteiger partial charge in [0.2, 0.25) is 5.78 Å². The Kier molecular flexibility index (Phi) is 4.04. The van der Waals surface area contributed by atoms with Crippen LogP contribution in [0.15, 0.2) is 22.2 Å². The lowest BCUT2D eigenvalue weighted by atomic mass is 9.90. The number of Topliss-reactive ketones (excluding diaryl/α,β-unsaturated/α-hetero) is 1. The van der Waals surface area contributed by atoms with E-state index >= 15 is 0 Å². The lowest BCUT2D eigenvalue weighted by molar-refractivity contribution is -0.147. The number of hydrogen-bond acceptors (Lipinski definition) is 4. The van der Waals surface area contributed by atoms with E-state index in [2.05, 4.69) is 0 Å². The second-order valence-electron chi connectivity index (χ2n) is 6.23. The first-order chi connectivity index (χ1) is 9.97. The summed E-state index contributed by atoms with van der Waals surface area (Å²) >= 11 is 11.6. The Bertz CT molecular complexity index is 595. The Morgan fingerprint density at radius 2 is 1.82 bits per heavy atom.